The van der Waals surface area contributed by atoms with E-state index in [1.807, 2.05) is 12.1 Å². The minimum Gasteiger partial charge on any atom is -0.265 e. The highest BCUT2D eigenvalue weighted by molar-refractivity contribution is 7.19. The van der Waals surface area contributed by atoms with Gasteiger partial charge in [0.25, 0.3) is 5.69 Å². The maximum atomic E-state index is 10.9. The molecule has 2 aromatic heterocycles. The van der Waals surface area contributed by atoms with Gasteiger partial charge >= 0.3 is 0 Å². The molecule has 0 saturated heterocycles. The van der Waals surface area contributed by atoms with Gasteiger partial charge in [-0.3, -0.25) is 15.1 Å². The number of nitro groups is 1. The molecular weight excluding hydrogens is 370 g/mol. The summed E-state index contributed by atoms with van der Waals surface area (Å²) in [4.78, 5) is 20.6. The second-order valence-corrected chi connectivity index (χ2v) is 7.61. The Balaban J connectivity index is 1.88. The summed E-state index contributed by atoms with van der Waals surface area (Å²) in [5, 5.41) is 11.8. The predicted molar refractivity (Wildman–Crippen MR) is 112 cm³/mol. The van der Waals surface area contributed by atoms with Crippen molar-refractivity contribution in [1.82, 2.24) is 9.97 Å². The molecular formula is C22H17N3O2S. The number of nitrogens with zero attached hydrogens (tertiary/aromatic N) is 3. The van der Waals surface area contributed by atoms with E-state index in [-0.39, 0.29) is 5.69 Å². The first-order valence-electron chi connectivity index (χ1n) is 8.76. The summed E-state index contributed by atoms with van der Waals surface area (Å²) in [6, 6.07) is 16.9. The highest BCUT2D eigenvalue weighted by atomic mass is 32.1. The minimum atomic E-state index is -0.394. The number of hydrogen-bond donors (Lipinski definition) is 0. The quantitative estimate of drug-likeness (QED) is 0.315. The lowest BCUT2D eigenvalue weighted by molar-refractivity contribution is -0.384. The van der Waals surface area contributed by atoms with Gasteiger partial charge in [-0.25, -0.2) is 4.98 Å². The van der Waals surface area contributed by atoms with Crippen molar-refractivity contribution in [1.29, 1.82) is 0 Å². The SMILES string of the molecule is Cc1cc(C)cc(-c2nc(-c3ccc([N+](=O)[O-])cc3)sc2-c2ccncc2)c1. The summed E-state index contributed by atoms with van der Waals surface area (Å²) in [5.74, 6) is 0. The van der Waals surface area contributed by atoms with Gasteiger partial charge in [0.2, 0.25) is 0 Å². The highest BCUT2D eigenvalue weighted by Gasteiger charge is 2.17. The zero-order chi connectivity index (χ0) is 19.7. The average Bonchev–Trinajstić information content (AvgIpc) is 3.13. The molecule has 2 heterocycles. The topological polar surface area (TPSA) is 68.9 Å². The second-order valence-electron chi connectivity index (χ2n) is 6.61. The molecule has 0 fully saturated rings. The Labute approximate surface area is 166 Å². The smallest absolute Gasteiger partial charge is 0.265 e. The Morgan fingerprint density at radius 1 is 0.857 bits per heavy atom. The lowest BCUT2D eigenvalue weighted by Crippen LogP contribution is -1.87. The van der Waals surface area contributed by atoms with Crippen molar-refractivity contribution in [2.45, 2.75) is 13.8 Å². The van der Waals surface area contributed by atoms with Crippen molar-refractivity contribution in [3.8, 4) is 32.3 Å². The van der Waals surface area contributed by atoms with Crippen LogP contribution in [0.2, 0.25) is 0 Å². The van der Waals surface area contributed by atoms with Crippen molar-refractivity contribution in [3.05, 3.63) is 88.2 Å². The van der Waals surface area contributed by atoms with Crippen LogP contribution in [-0.2, 0) is 0 Å². The van der Waals surface area contributed by atoms with Crippen LogP contribution in [0.1, 0.15) is 11.1 Å². The summed E-state index contributed by atoms with van der Waals surface area (Å²) in [7, 11) is 0. The van der Waals surface area contributed by atoms with Gasteiger partial charge in [0, 0.05) is 35.7 Å². The van der Waals surface area contributed by atoms with E-state index in [1.165, 1.54) is 23.3 Å². The summed E-state index contributed by atoms with van der Waals surface area (Å²) < 4.78 is 0. The zero-order valence-corrected chi connectivity index (χ0v) is 16.2. The van der Waals surface area contributed by atoms with E-state index in [2.05, 4.69) is 37.0 Å². The Bertz CT molecular complexity index is 1130. The molecule has 0 amide bonds. The third kappa shape index (κ3) is 3.54. The van der Waals surface area contributed by atoms with Crippen molar-refractivity contribution in [3.63, 3.8) is 0 Å². The van der Waals surface area contributed by atoms with Gasteiger partial charge in [0.15, 0.2) is 0 Å². The molecule has 0 aliphatic rings. The summed E-state index contributed by atoms with van der Waals surface area (Å²) >= 11 is 1.58. The number of thiazole rings is 1. The summed E-state index contributed by atoms with van der Waals surface area (Å²) in [6.45, 7) is 4.15. The molecule has 0 aliphatic heterocycles. The third-order valence-corrected chi connectivity index (χ3v) is 5.54. The van der Waals surface area contributed by atoms with Gasteiger partial charge in [-0.1, -0.05) is 17.2 Å². The molecule has 0 saturated carbocycles. The van der Waals surface area contributed by atoms with Crippen molar-refractivity contribution < 1.29 is 4.92 Å². The maximum Gasteiger partial charge on any atom is 0.269 e. The molecule has 0 atom stereocenters. The highest BCUT2D eigenvalue weighted by Crippen LogP contribution is 2.41. The second kappa shape index (κ2) is 7.32. The van der Waals surface area contributed by atoms with E-state index in [0.717, 1.165) is 32.3 Å². The van der Waals surface area contributed by atoms with E-state index in [0.29, 0.717) is 0 Å². The van der Waals surface area contributed by atoms with Gasteiger partial charge in [0.1, 0.15) is 5.01 Å². The number of aryl methyl sites for hydroxylation is 2. The molecule has 0 bridgehead atoms. The molecule has 0 spiro atoms. The van der Waals surface area contributed by atoms with Crippen LogP contribution in [-0.4, -0.2) is 14.9 Å². The molecule has 4 aromatic rings. The Hall–Kier alpha value is -3.38. The van der Waals surface area contributed by atoms with Crippen LogP contribution >= 0.6 is 11.3 Å². The fourth-order valence-corrected chi connectivity index (χ4v) is 4.27. The number of benzene rings is 2. The molecule has 0 radical (unpaired) electrons. The van der Waals surface area contributed by atoms with Crippen LogP contribution < -0.4 is 0 Å². The van der Waals surface area contributed by atoms with Crippen molar-refractivity contribution in [2.75, 3.05) is 0 Å². The minimum absolute atomic E-state index is 0.0733. The lowest BCUT2D eigenvalue weighted by Gasteiger charge is -2.05. The molecule has 5 nitrogen and oxygen atoms in total. The molecule has 0 aliphatic carbocycles. The molecule has 4 rings (SSSR count). The Morgan fingerprint density at radius 3 is 2.11 bits per heavy atom. The fourth-order valence-electron chi connectivity index (χ4n) is 3.18. The first-order valence-corrected chi connectivity index (χ1v) is 9.57. The molecule has 28 heavy (non-hydrogen) atoms. The van der Waals surface area contributed by atoms with Gasteiger partial charge in [-0.05, 0) is 55.8 Å². The van der Waals surface area contributed by atoms with Crippen molar-refractivity contribution >= 4 is 17.0 Å². The van der Waals surface area contributed by atoms with E-state index < -0.39 is 4.92 Å². The molecule has 6 heteroatoms. The van der Waals surface area contributed by atoms with Gasteiger partial charge in [-0.2, -0.15) is 0 Å². The first kappa shape index (κ1) is 18.0. The number of aromatic nitrogens is 2. The van der Waals surface area contributed by atoms with Gasteiger partial charge < -0.3 is 0 Å². The predicted octanol–water partition coefficient (Wildman–Crippen LogP) is 6.06. The van der Waals surface area contributed by atoms with Gasteiger partial charge in [0.05, 0.1) is 15.5 Å². The fraction of sp³-hybridized carbons (Fsp3) is 0.0909. The normalized spacial score (nSPS) is 10.8. The van der Waals surface area contributed by atoms with Crippen LogP contribution in [0.5, 0.6) is 0 Å². The molecule has 2 aromatic carbocycles. The van der Waals surface area contributed by atoms with Crippen LogP contribution in [0.25, 0.3) is 32.3 Å². The van der Waals surface area contributed by atoms with Crippen LogP contribution in [0.3, 0.4) is 0 Å². The number of nitro benzene ring substituents is 1. The maximum absolute atomic E-state index is 10.9. The third-order valence-electron chi connectivity index (χ3n) is 4.39. The van der Waals surface area contributed by atoms with Gasteiger partial charge in [-0.15, -0.1) is 11.3 Å². The summed E-state index contributed by atoms with van der Waals surface area (Å²) in [5.41, 5.74) is 6.33. The molecule has 0 unspecified atom stereocenters. The lowest BCUT2D eigenvalue weighted by atomic mass is 10.0. The molecule has 138 valence electrons. The van der Waals surface area contributed by atoms with Crippen LogP contribution in [0.4, 0.5) is 5.69 Å². The monoisotopic (exact) mass is 387 g/mol. The zero-order valence-electron chi connectivity index (χ0n) is 15.4. The largest absolute Gasteiger partial charge is 0.269 e. The van der Waals surface area contributed by atoms with Crippen LogP contribution in [0, 0.1) is 24.0 Å². The average molecular weight is 387 g/mol. The number of pyridine rings is 1. The van der Waals surface area contributed by atoms with Crippen molar-refractivity contribution in [2.24, 2.45) is 0 Å². The number of non-ortho nitro benzene ring substituents is 1. The standard InChI is InChI=1S/C22H17N3O2S/c1-14-11-15(2)13-18(12-14)20-21(16-7-9-23-10-8-16)28-22(24-20)17-3-5-19(6-4-17)25(26)27/h3-13H,1-2H3. The molecule has 0 N–H and O–H groups in total. The van der Waals surface area contributed by atoms with E-state index >= 15 is 0 Å². The first-order chi connectivity index (χ1) is 13.5. The van der Waals surface area contributed by atoms with E-state index in [1.54, 1.807) is 35.9 Å². The summed E-state index contributed by atoms with van der Waals surface area (Å²) in [6.07, 6.45) is 3.54. The van der Waals surface area contributed by atoms with E-state index in [9.17, 15) is 10.1 Å². The van der Waals surface area contributed by atoms with Crippen LogP contribution in [0.15, 0.2) is 67.0 Å². The Morgan fingerprint density at radius 2 is 1.50 bits per heavy atom. The number of hydrogen-bond acceptors (Lipinski definition) is 5. The number of rotatable bonds is 4. The van der Waals surface area contributed by atoms with E-state index in [4.69, 9.17) is 4.98 Å². The Kier molecular flexibility index (Phi) is 4.71.